The number of amides is 1. The average Bonchev–Trinajstić information content (AvgIpc) is 2.55. The van der Waals surface area contributed by atoms with E-state index in [1.807, 2.05) is 6.07 Å². The summed E-state index contributed by atoms with van der Waals surface area (Å²) < 4.78 is 18.5. The molecule has 3 aromatic rings. The molecule has 1 unspecified atom stereocenters. The molecular formula is C18H12FNO3. The van der Waals surface area contributed by atoms with Crippen LogP contribution in [0.2, 0.25) is 0 Å². The second-order valence-corrected chi connectivity index (χ2v) is 5.53. The van der Waals surface area contributed by atoms with Crippen LogP contribution in [0.4, 0.5) is 10.1 Å². The van der Waals surface area contributed by atoms with Gasteiger partial charge in [-0.05, 0) is 29.8 Å². The average molecular weight is 309 g/mol. The Bertz CT molecular complexity index is 976. The molecule has 1 amide bonds. The fourth-order valence-corrected chi connectivity index (χ4v) is 3.07. The first kappa shape index (κ1) is 13.7. The Hall–Kier alpha value is -2.95. The van der Waals surface area contributed by atoms with Crippen molar-refractivity contribution in [3.63, 3.8) is 0 Å². The maximum absolute atomic E-state index is 13.2. The molecule has 0 aliphatic carbocycles. The van der Waals surface area contributed by atoms with E-state index in [0.717, 1.165) is 0 Å². The van der Waals surface area contributed by atoms with Crippen molar-refractivity contribution in [3.05, 3.63) is 75.9 Å². The third-order valence-electron chi connectivity index (χ3n) is 4.12. The quantitative estimate of drug-likeness (QED) is 0.701. The monoisotopic (exact) mass is 309 g/mol. The molecule has 2 aromatic carbocycles. The number of nitrogens with one attached hydrogen (secondary N) is 1. The summed E-state index contributed by atoms with van der Waals surface area (Å²) in [6, 6.07) is 12.9. The fraction of sp³-hybridized carbons (Fsp3) is 0.111. The van der Waals surface area contributed by atoms with Crippen molar-refractivity contribution in [2.24, 2.45) is 0 Å². The topological polar surface area (TPSA) is 59.3 Å². The summed E-state index contributed by atoms with van der Waals surface area (Å²) >= 11 is 0. The molecule has 1 N–H and O–H groups in total. The molecule has 1 aromatic heterocycles. The van der Waals surface area contributed by atoms with Crippen LogP contribution in [-0.2, 0) is 4.79 Å². The molecular weight excluding hydrogens is 297 g/mol. The highest BCUT2D eigenvalue weighted by Crippen LogP contribution is 2.38. The first-order chi connectivity index (χ1) is 11.1. The zero-order valence-electron chi connectivity index (χ0n) is 12.0. The normalized spacial score (nSPS) is 16.9. The van der Waals surface area contributed by atoms with E-state index >= 15 is 0 Å². The van der Waals surface area contributed by atoms with Crippen LogP contribution in [0.15, 0.2) is 57.7 Å². The van der Waals surface area contributed by atoms with E-state index in [1.165, 1.54) is 12.1 Å². The maximum Gasteiger partial charge on any atom is 0.342 e. The fourth-order valence-electron chi connectivity index (χ4n) is 3.07. The first-order valence-electron chi connectivity index (χ1n) is 7.24. The number of anilines is 1. The Kier molecular flexibility index (Phi) is 3.01. The van der Waals surface area contributed by atoms with Crippen molar-refractivity contribution in [1.82, 2.24) is 0 Å². The third kappa shape index (κ3) is 2.21. The van der Waals surface area contributed by atoms with Crippen molar-refractivity contribution >= 4 is 22.6 Å². The van der Waals surface area contributed by atoms with Gasteiger partial charge in [-0.25, -0.2) is 9.18 Å². The van der Waals surface area contributed by atoms with Crippen LogP contribution < -0.4 is 10.9 Å². The molecule has 0 radical (unpaired) electrons. The lowest BCUT2D eigenvalue weighted by Crippen LogP contribution is -2.28. The number of hydrogen-bond acceptors (Lipinski definition) is 3. The van der Waals surface area contributed by atoms with E-state index < -0.39 is 11.5 Å². The molecule has 23 heavy (non-hydrogen) atoms. The highest BCUT2D eigenvalue weighted by Gasteiger charge is 2.31. The van der Waals surface area contributed by atoms with E-state index in [2.05, 4.69) is 5.32 Å². The molecule has 4 rings (SSSR count). The minimum Gasteiger partial charge on any atom is -0.422 e. The van der Waals surface area contributed by atoms with Crippen molar-refractivity contribution in [2.75, 3.05) is 5.32 Å². The lowest BCUT2D eigenvalue weighted by atomic mass is 9.85. The summed E-state index contributed by atoms with van der Waals surface area (Å²) in [6.07, 6.45) is 0.127. The second-order valence-electron chi connectivity index (χ2n) is 5.53. The standard InChI is InChI=1S/C18H12FNO3/c19-11-7-5-10(6-8-11)13-9-15(21)20-17-12-3-1-2-4-14(12)23-18(22)16(13)17/h1-8,13H,9H2,(H,20,21). The zero-order valence-corrected chi connectivity index (χ0v) is 12.0. The van der Waals surface area contributed by atoms with Gasteiger partial charge < -0.3 is 9.73 Å². The van der Waals surface area contributed by atoms with Gasteiger partial charge in [0.15, 0.2) is 0 Å². The number of hydrogen-bond donors (Lipinski definition) is 1. The molecule has 1 atom stereocenters. The molecule has 0 spiro atoms. The SMILES string of the molecule is O=C1CC(c2ccc(F)cc2)c2c(c3ccccc3oc2=O)N1. The van der Waals surface area contributed by atoms with Crippen molar-refractivity contribution in [1.29, 1.82) is 0 Å². The van der Waals surface area contributed by atoms with E-state index in [4.69, 9.17) is 4.42 Å². The molecule has 0 fully saturated rings. The number of para-hydroxylation sites is 1. The Balaban J connectivity index is 2.00. The molecule has 5 heteroatoms. The molecule has 114 valence electrons. The summed E-state index contributed by atoms with van der Waals surface area (Å²) in [5.74, 6) is -0.984. The van der Waals surface area contributed by atoms with Crippen LogP contribution in [0.5, 0.6) is 0 Å². The summed E-state index contributed by atoms with van der Waals surface area (Å²) in [4.78, 5) is 24.6. The van der Waals surface area contributed by atoms with Gasteiger partial charge in [0.1, 0.15) is 11.4 Å². The molecule has 1 aliphatic heterocycles. The number of carbonyl (C=O) groups is 1. The predicted molar refractivity (Wildman–Crippen MR) is 84.0 cm³/mol. The molecule has 1 aliphatic rings. The lowest BCUT2D eigenvalue weighted by Gasteiger charge is -2.25. The number of fused-ring (bicyclic) bond motifs is 3. The summed E-state index contributed by atoms with van der Waals surface area (Å²) in [7, 11) is 0. The first-order valence-corrected chi connectivity index (χ1v) is 7.24. The number of carbonyl (C=O) groups excluding carboxylic acids is 1. The zero-order chi connectivity index (χ0) is 16.0. The summed E-state index contributed by atoms with van der Waals surface area (Å²) in [5.41, 5.74) is 1.56. The van der Waals surface area contributed by atoms with E-state index in [0.29, 0.717) is 27.8 Å². The smallest absolute Gasteiger partial charge is 0.342 e. The van der Waals surface area contributed by atoms with Crippen LogP contribution >= 0.6 is 0 Å². The van der Waals surface area contributed by atoms with Crippen LogP contribution in [0, 0.1) is 5.82 Å². The third-order valence-corrected chi connectivity index (χ3v) is 4.12. The van der Waals surface area contributed by atoms with Crippen molar-refractivity contribution in [2.45, 2.75) is 12.3 Å². The van der Waals surface area contributed by atoms with Gasteiger partial charge in [0, 0.05) is 17.7 Å². The largest absolute Gasteiger partial charge is 0.422 e. The molecule has 4 nitrogen and oxygen atoms in total. The van der Waals surface area contributed by atoms with Gasteiger partial charge in [0.2, 0.25) is 5.91 Å². The van der Waals surface area contributed by atoms with Crippen LogP contribution in [0.3, 0.4) is 0 Å². The maximum atomic E-state index is 13.2. The Morgan fingerprint density at radius 3 is 2.57 bits per heavy atom. The molecule has 2 heterocycles. The lowest BCUT2D eigenvalue weighted by molar-refractivity contribution is -0.116. The van der Waals surface area contributed by atoms with Gasteiger partial charge in [0.25, 0.3) is 0 Å². The van der Waals surface area contributed by atoms with Gasteiger partial charge >= 0.3 is 5.63 Å². The number of halogens is 1. The summed E-state index contributed by atoms with van der Waals surface area (Å²) in [6.45, 7) is 0. The Morgan fingerprint density at radius 1 is 1.04 bits per heavy atom. The molecule has 0 saturated carbocycles. The van der Waals surface area contributed by atoms with Gasteiger partial charge in [-0.3, -0.25) is 4.79 Å². The minimum absolute atomic E-state index is 0.127. The molecule has 0 saturated heterocycles. The Morgan fingerprint density at radius 2 is 1.78 bits per heavy atom. The van der Waals surface area contributed by atoms with Crippen LogP contribution in [0.25, 0.3) is 11.0 Å². The van der Waals surface area contributed by atoms with Gasteiger partial charge in [-0.2, -0.15) is 0 Å². The van der Waals surface area contributed by atoms with Gasteiger partial charge in [0.05, 0.1) is 11.3 Å². The number of benzene rings is 2. The van der Waals surface area contributed by atoms with Gasteiger partial charge in [-0.15, -0.1) is 0 Å². The second kappa shape index (κ2) is 5.05. The number of rotatable bonds is 1. The van der Waals surface area contributed by atoms with Crippen LogP contribution in [0.1, 0.15) is 23.5 Å². The van der Waals surface area contributed by atoms with Crippen LogP contribution in [-0.4, -0.2) is 5.91 Å². The van der Waals surface area contributed by atoms with E-state index in [1.54, 1.807) is 30.3 Å². The van der Waals surface area contributed by atoms with Crippen molar-refractivity contribution in [3.8, 4) is 0 Å². The molecule has 0 bridgehead atoms. The predicted octanol–water partition coefficient (Wildman–Crippen LogP) is 3.41. The highest BCUT2D eigenvalue weighted by atomic mass is 19.1. The minimum atomic E-state index is -0.479. The Labute approximate surface area is 130 Å². The summed E-state index contributed by atoms with van der Waals surface area (Å²) in [5, 5.41) is 3.46. The van der Waals surface area contributed by atoms with E-state index in [9.17, 15) is 14.0 Å². The van der Waals surface area contributed by atoms with E-state index in [-0.39, 0.29) is 18.1 Å². The van der Waals surface area contributed by atoms with Crippen molar-refractivity contribution < 1.29 is 13.6 Å². The highest BCUT2D eigenvalue weighted by molar-refractivity contribution is 6.04. The van der Waals surface area contributed by atoms with Gasteiger partial charge in [-0.1, -0.05) is 24.3 Å².